The molecule has 1 N–H and O–H groups in total. The number of carbonyl (C=O) groups is 1. The first-order valence-corrected chi connectivity index (χ1v) is 11.7. The molecule has 7 heteroatoms. The van der Waals surface area contributed by atoms with Gasteiger partial charge in [-0.1, -0.05) is 60.2 Å². The van der Waals surface area contributed by atoms with Gasteiger partial charge in [0.05, 0.1) is 23.3 Å². The van der Waals surface area contributed by atoms with E-state index in [0.29, 0.717) is 22.5 Å². The lowest BCUT2D eigenvalue weighted by atomic mass is 9.95. The number of aromatic hydroxyl groups is 1. The summed E-state index contributed by atoms with van der Waals surface area (Å²) in [5.41, 5.74) is 6.16. The molecule has 0 aliphatic carbocycles. The van der Waals surface area contributed by atoms with Crippen molar-refractivity contribution in [2.24, 2.45) is 7.05 Å². The van der Waals surface area contributed by atoms with Gasteiger partial charge in [0.2, 0.25) is 0 Å². The van der Waals surface area contributed by atoms with Gasteiger partial charge >= 0.3 is 0 Å². The van der Waals surface area contributed by atoms with Crippen molar-refractivity contribution in [2.45, 2.75) is 19.5 Å². The number of benzene rings is 3. The summed E-state index contributed by atoms with van der Waals surface area (Å²) in [6, 6.07) is 21.3. The lowest BCUT2D eigenvalue weighted by Crippen LogP contribution is -2.29. The van der Waals surface area contributed by atoms with E-state index >= 15 is 0 Å². The molecule has 6 nitrogen and oxygen atoms in total. The van der Waals surface area contributed by atoms with E-state index in [0.717, 1.165) is 33.5 Å². The Kier molecular flexibility index (Phi) is 5.65. The Bertz CT molecular complexity index is 1380. The molecular formula is C27H24BrN3O3. The summed E-state index contributed by atoms with van der Waals surface area (Å²) in [6.07, 6.45) is 0. The van der Waals surface area contributed by atoms with E-state index in [2.05, 4.69) is 15.9 Å². The van der Waals surface area contributed by atoms with Crippen LogP contribution in [0.4, 0.5) is 0 Å². The molecule has 1 amide bonds. The van der Waals surface area contributed by atoms with Crippen LogP contribution < -0.4 is 4.74 Å². The maximum Gasteiger partial charge on any atom is 0.273 e. The molecule has 0 spiro atoms. The van der Waals surface area contributed by atoms with Gasteiger partial charge in [0.1, 0.15) is 5.69 Å². The van der Waals surface area contributed by atoms with Crippen molar-refractivity contribution in [2.75, 3.05) is 7.11 Å². The van der Waals surface area contributed by atoms with E-state index in [4.69, 9.17) is 9.84 Å². The van der Waals surface area contributed by atoms with Gasteiger partial charge in [-0.25, -0.2) is 0 Å². The summed E-state index contributed by atoms with van der Waals surface area (Å²) >= 11 is 3.45. The zero-order chi connectivity index (χ0) is 24.0. The van der Waals surface area contributed by atoms with Crippen LogP contribution in [-0.2, 0) is 13.6 Å². The van der Waals surface area contributed by atoms with Crippen molar-refractivity contribution in [3.8, 4) is 22.8 Å². The topological polar surface area (TPSA) is 67.6 Å². The van der Waals surface area contributed by atoms with Crippen LogP contribution in [0.15, 0.2) is 71.2 Å². The number of halogens is 1. The fourth-order valence-corrected chi connectivity index (χ4v) is 5.04. The molecule has 0 unspecified atom stereocenters. The average molecular weight is 518 g/mol. The third kappa shape index (κ3) is 3.66. The van der Waals surface area contributed by atoms with Crippen LogP contribution in [0, 0.1) is 6.92 Å². The number of aromatic nitrogens is 2. The Morgan fingerprint density at radius 2 is 1.79 bits per heavy atom. The molecule has 0 saturated heterocycles. The van der Waals surface area contributed by atoms with Crippen molar-refractivity contribution in [1.82, 2.24) is 14.7 Å². The zero-order valence-electron chi connectivity index (χ0n) is 19.1. The highest BCUT2D eigenvalue weighted by Gasteiger charge is 2.43. The van der Waals surface area contributed by atoms with Gasteiger partial charge in [-0.2, -0.15) is 5.10 Å². The molecule has 0 radical (unpaired) electrons. The van der Waals surface area contributed by atoms with Crippen molar-refractivity contribution in [3.63, 3.8) is 0 Å². The summed E-state index contributed by atoms with van der Waals surface area (Å²) in [5, 5.41) is 15.2. The molecule has 0 bridgehead atoms. The van der Waals surface area contributed by atoms with Gasteiger partial charge in [0.15, 0.2) is 11.5 Å². The average Bonchev–Trinajstić information content (AvgIpc) is 3.32. The first-order chi connectivity index (χ1) is 16.4. The molecular weight excluding hydrogens is 494 g/mol. The SMILES string of the molecule is COc1cc([C@@H]2c3c(-c4ccc(C)cc4)nn(C)c3C(=O)N2Cc2ccccc2)cc(Br)c1O. The van der Waals surface area contributed by atoms with Crippen LogP contribution in [0.3, 0.4) is 0 Å². The molecule has 1 aliphatic rings. The maximum atomic E-state index is 13.8. The molecule has 3 aromatic carbocycles. The van der Waals surface area contributed by atoms with Gasteiger partial charge in [-0.05, 0) is 46.1 Å². The number of aryl methyl sites for hydroxylation is 2. The van der Waals surface area contributed by atoms with Gasteiger partial charge < -0.3 is 14.7 Å². The number of hydrogen-bond acceptors (Lipinski definition) is 4. The summed E-state index contributed by atoms with van der Waals surface area (Å²) in [6.45, 7) is 2.48. The lowest BCUT2D eigenvalue weighted by Gasteiger charge is -2.27. The second-order valence-electron chi connectivity index (χ2n) is 8.48. The van der Waals surface area contributed by atoms with Crippen LogP contribution in [0.2, 0.25) is 0 Å². The number of fused-ring (bicyclic) bond motifs is 1. The summed E-state index contributed by atoms with van der Waals surface area (Å²) < 4.78 is 7.60. The van der Waals surface area contributed by atoms with Crippen LogP contribution in [-0.4, -0.2) is 32.8 Å². The van der Waals surface area contributed by atoms with E-state index in [9.17, 15) is 9.90 Å². The van der Waals surface area contributed by atoms with E-state index < -0.39 is 6.04 Å². The second-order valence-corrected chi connectivity index (χ2v) is 9.33. The van der Waals surface area contributed by atoms with Crippen LogP contribution in [0.25, 0.3) is 11.3 Å². The van der Waals surface area contributed by atoms with E-state index in [1.807, 2.05) is 79.5 Å². The molecule has 172 valence electrons. The predicted octanol–water partition coefficient (Wildman–Crippen LogP) is 5.62. The number of phenols is 1. The number of hydrogen-bond donors (Lipinski definition) is 1. The Morgan fingerprint density at radius 3 is 2.47 bits per heavy atom. The normalized spacial score (nSPS) is 15.0. The van der Waals surface area contributed by atoms with Crippen LogP contribution in [0.1, 0.15) is 38.8 Å². The number of amides is 1. The lowest BCUT2D eigenvalue weighted by molar-refractivity contribution is 0.0725. The van der Waals surface area contributed by atoms with Crippen molar-refractivity contribution in [3.05, 3.63) is 99.2 Å². The minimum atomic E-state index is -0.404. The van der Waals surface area contributed by atoms with Crippen molar-refractivity contribution < 1.29 is 14.6 Å². The fraction of sp³-hybridized carbons (Fsp3) is 0.185. The summed E-state index contributed by atoms with van der Waals surface area (Å²) in [4.78, 5) is 15.6. The number of methoxy groups -OCH3 is 1. The first-order valence-electron chi connectivity index (χ1n) is 10.9. The predicted molar refractivity (Wildman–Crippen MR) is 134 cm³/mol. The number of nitrogens with zero attached hydrogens (tertiary/aromatic N) is 3. The third-order valence-electron chi connectivity index (χ3n) is 6.24. The Hall–Kier alpha value is -3.58. The number of carbonyl (C=O) groups excluding carboxylic acids is 1. The smallest absolute Gasteiger partial charge is 0.273 e. The number of phenolic OH excluding ortho intramolecular Hbond substituents is 1. The highest BCUT2D eigenvalue weighted by Crippen LogP contribution is 2.47. The molecule has 0 fully saturated rings. The summed E-state index contributed by atoms with van der Waals surface area (Å²) in [5.74, 6) is 0.279. The number of ether oxygens (including phenoxy) is 1. The van der Waals surface area contributed by atoms with Crippen LogP contribution >= 0.6 is 15.9 Å². The molecule has 1 aromatic heterocycles. The van der Waals surface area contributed by atoms with Crippen molar-refractivity contribution >= 4 is 21.8 Å². The minimum Gasteiger partial charge on any atom is -0.503 e. The second kappa shape index (κ2) is 8.65. The van der Waals surface area contributed by atoms with Gasteiger partial charge in [-0.15, -0.1) is 0 Å². The molecule has 1 aliphatic heterocycles. The molecule has 2 heterocycles. The first kappa shape index (κ1) is 22.2. The van der Waals surface area contributed by atoms with Gasteiger partial charge in [0, 0.05) is 24.7 Å². The van der Waals surface area contributed by atoms with E-state index in [1.54, 1.807) is 10.7 Å². The summed E-state index contributed by atoms with van der Waals surface area (Å²) in [7, 11) is 3.32. The molecule has 5 rings (SSSR count). The molecule has 0 saturated carbocycles. The minimum absolute atomic E-state index is 0.0235. The molecule has 1 atom stereocenters. The Morgan fingerprint density at radius 1 is 1.09 bits per heavy atom. The van der Waals surface area contributed by atoms with Gasteiger partial charge in [0.25, 0.3) is 5.91 Å². The molecule has 4 aromatic rings. The standard InChI is InChI=1S/C27H24BrN3O3/c1-16-9-11-18(12-10-16)23-22-24(19-13-20(28)26(32)21(14-19)34-3)31(15-17-7-5-4-6-8-17)27(33)25(22)30(2)29-23/h4-14,24,32H,15H2,1-3H3/t24-/m1/s1. The van der Waals surface area contributed by atoms with Crippen LogP contribution in [0.5, 0.6) is 11.5 Å². The van der Waals surface area contributed by atoms with Crippen molar-refractivity contribution in [1.29, 1.82) is 0 Å². The largest absolute Gasteiger partial charge is 0.503 e. The third-order valence-corrected chi connectivity index (χ3v) is 6.84. The monoisotopic (exact) mass is 517 g/mol. The highest BCUT2D eigenvalue weighted by atomic mass is 79.9. The quantitative estimate of drug-likeness (QED) is 0.373. The molecule has 34 heavy (non-hydrogen) atoms. The van der Waals surface area contributed by atoms with E-state index in [1.165, 1.54) is 7.11 Å². The number of rotatable bonds is 5. The van der Waals surface area contributed by atoms with Gasteiger partial charge in [-0.3, -0.25) is 9.48 Å². The maximum absolute atomic E-state index is 13.8. The fourth-order valence-electron chi connectivity index (χ4n) is 4.58. The van der Waals surface area contributed by atoms with E-state index in [-0.39, 0.29) is 11.7 Å². The Balaban J connectivity index is 1.73. The Labute approximate surface area is 206 Å². The zero-order valence-corrected chi connectivity index (χ0v) is 20.7. The highest BCUT2D eigenvalue weighted by molar-refractivity contribution is 9.10.